The maximum atomic E-state index is 13.1. The van der Waals surface area contributed by atoms with Gasteiger partial charge >= 0.3 is 0 Å². The SMILES string of the molecule is CN=C(NCCNC(=O)c1cccc(Br)c1)NCc1cccc(F)c1. The Morgan fingerprint density at radius 2 is 1.84 bits per heavy atom. The molecule has 5 nitrogen and oxygen atoms in total. The lowest BCUT2D eigenvalue weighted by atomic mass is 10.2. The summed E-state index contributed by atoms with van der Waals surface area (Å²) in [5, 5.41) is 9.02. The highest BCUT2D eigenvalue weighted by Crippen LogP contribution is 2.11. The predicted octanol–water partition coefficient (Wildman–Crippen LogP) is 2.68. The van der Waals surface area contributed by atoms with Crippen LogP contribution in [-0.4, -0.2) is 32.0 Å². The minimum atomic E-state index is -0.266. The van der Waals surface area contributed by atoms with Gasteiger partial charge in [0.2, 0.25) is 0 Å². The van der Waals surface area contributed by atoms with Crippen LogP contribution in [0.5, 0.6) is 0 Å². The summed E-state index contributed by atoms with van der Waals surface area (Å²) in [4.78, 5) is 16.1. The fraction of sp³-hybridized carbons (Fsp3) is 0.222. The van der Waals surface area contributed by atoms with Crippen molar-refractivity contribution in [1.82, 2.24) is 16.0 Å². The van der Waals surface area contributed by atoms with Crippen LogP contribution in [0.15, 0.2) is 58.0 Å². The van der Waals surface area contributed by atoms with E-state index in [9.17, 15) is 9.18 Å². The first-order valence-corrected chi connectivity index (χ1v) is 8.60. The lowest BCUT2D eigenvalue weighted by Gasteiger charge is -2.12. The minimum absolute atomic E-state index is 0.134. The average Bonchev–Trinajstić information content (AvgIpc) is 2.61. The van der Waals surface area contributed by atoms with Gasteiger partial charge in [-0.3, -0.25) is 9.79 Å². The molecule has 2 aromatic rings. The standard InChI is InChI=1S/C18H20BrFN4O/c1-21-18(24-12-13-4-2-7-16(20)10-13)23-9-8-22-17(25)14-5-3-6-15(19)11-14/h2-7,10-11H,8-9,12H2,1H3,(H,22,25)(H2,21,23,24). The number of halogens is 2. The monoisotopic (exact) mass is 406 g/mol. The van der Waals surface area contributed by atoms with Crippen molar-refractivity contribution in [3.63, 3.8) is 0 Å². The van der Waals surface area contributed by atoms with E-state index in [2.05, 4.69) is 36.9 Å². The van der Waals surface area contributed by atoms with Gasteiger partial charge in [0.15, 0.2) is 5.96 Å². The highest BCUT2D eigenvalue weighted by Gasteiger charge is 2.05. The number of guanidine groups is 1. The molecule has 0 aliphatic carbocycles. The van der Waals surface area contributed by atoms with Gasteiger partial charge in [0, 0.05) is 36.7 Å². The summed E-state index contributed by atoms with van der Waals surface area (Å²) >= 11 is 3.34. The molecule has 0 saturated heterocycles. The number of amides is 1. The highest BCUT2D eigenvalue weighted by molar-refractivity contribution is 9.10. The Kier molecular flexibility index (Phi) is 7.40. The Labute approximate surface area is 154 Å². The van der Waals surface area contributed by atoms with E-state index in [-0.39, 0.29) is 11.7 Å². The van der Waals surface area contributed by atoms with Crippen molar-refractivity contribution in [2.45, 2.75) is 6.54 Å². The van der Waals surface area contributed by atoms with Gasteiger partial charge in [0.1, 0.15) is 5.82 Å². The quantitative estimate of drug-likeness (QED) is 0.392. The van der Waals surface area contributed by atoms with E-state index in [0.717, 1.165) is 10.0 Å². The van der Waals surface area contributed by atoms with E-state index in [0.29, 0.717) is 31.2 Å². The maximum absolute atomic E-state index is 13.1. The van der Waals surface area contributed by atoms with Crippen molar-refractivity contribution in [3.05, 3.63) is 69.9 Å². The summed E-state index contributed by atoms with van der Waals surface area (Å²) in [7, 11) is 1.65. The van der Waals surface area contributed by atoms with E-state index in [1.807, 2.05) is 18.2 Å². The van der Waals surface area contributed by atoms with Crippen LogP contribution in [0, 0.1) is 5.82 Å². The van der Waals surface area contributed by atoms with Crippen molar-refractivity contribution < 1.29 is 9.18 Å². The minimum Gasteiger partial charge on any atom is -0.355 e. The van der Waals surface area contributed by atoms with Crippen molar-refractivity contribution in [2.75, 3.05) is 20.1 Å². The molecule has 0 radical (unpaired) electrons. The van der Waals surface area contributed by atoms with Gasteiger partial charge in [-0.1, -0.05) is 34.1 Å². The number of hydrogen-bond acceptors (Lipinski definition) is 2. The third kappa shape index (κ3) is 6.54. The number of nitrogens with one attached hydrogen (secondary N) is 3. The molecule has 0 spiro atoms. The molecular weight excluding hydrogens is 387 g/mol. The Bertz CT molecular complexity index is 751. The molecular formula is C18H20BrFN4O. The summed E-state index contributed by atoms with van der Waals surface area (Å²) < 4.78 is 14.0. The van der Waals surface area contributed by atoms with Crippen molar-refractivity contribution in [1.29, 1.82) is 0 Å². The predicted molar refractivity (Wildman–Crippen MR) is 101 cm³/mol. The second-order valence-corrected chi connectivity index (χ2v) is 6.16. The summed E-state index contributed by atoms with van der Waals surface area (Å²) in [6.45, 7) is 1.43. The van der Waals surface area contributed by atoms with Crippen molar-refractivity contribution in [3.8, 4) is 0 Å². The molecule has 25 heavy (non-hydrogen) atoms. The molecule has 0 atom stereocenters. The molecule has 0 saturated carbocycles. The zero-order valence-corrected chi connectivity index (χ0v) is 15.4. The Hall–Kier alpha value is -2.41. The van der Waals surface area contributed by atoms with E-state index < -0.39 is 0 Å². The fourth-order valence-electron chi connectivity index (χ4n) is 2.14. The molecule has 132 valence electrons. The lowest BCUT2D eigenvalue weighted by Crippen LogP contribution is -2.41. The number of carbonyl (C=O) groups is 1. The number of carbonyl (C=O) groups excluding carboxylic acids is 1. The second kappa shape index (κ2) is 9.78. The van der Waals surface area contributed by atoms with Gasteiger partial charge in [-0.2, -0.15) is 0 Å². The van der Waals surface area contributed by atoms with Gasteiger partial charge in [0.05, 0.1) is 0 Å². The molecule has 0 fully saturated rings. The molecule has 0 aliphatic heterocycles. The summed E-state index contributed by atoms with van der Waals surface area (Å²) in [5.74, 6) is 0.185. The van der Waals surface area contributed by atoms with E-state index in [1.54, 1.807) is 25.2 Å². The number of benzene rings is 2. The summed E-state index contributed by atoms with van der Waals surface area (Å²) in [5.41, 5.74) is 1.42. The number of aliphatic imine (C=N–C) groups is 1. The Morgan fingerprint density at radius 3 is 2.56 bits per heavy atom. The lowest BCUT2D eigenvalue weighted by molar-refractivity contribution is 0.0954. The molecule has 3 N–H and O–H groups in total. The average molecular weight is 407 g/mol. The first-order chi connectivity index (χ1) is 12.1. The van der Waals surface area contributed by atoms with Gasteiger partial charge in [-0.25, -0.2) is 4.39 Å². The summed E-state index contributed by atoms with van der Waals surface area (Å²) in [6.07, 6.45) is 0. The number of rotatable bonds is 6. The molecule has 0 bridgehead atoms. The Morgan fingerprint density at radius 1 is 1.08 bits per heavy atom. The van der Waals surface area contributed by atoms with Crippen LogP contribution < -0.4 is 16.0 Å². The van der Waals surface area contributed by atoms with Crippen LogP contribution >= 0.6 is 15.9 Å². The zero-order valence-electron chi connectivity index (χ0n) is 13.9. The molecule has 0 aromatic heterocycles. The topological polar surface area (TPSA) is 65.5 Å². The molecule has 0 aliphatic rings. The number of nitrogens with zero attached hydrogens (tertiary/aromatic N) is 1. The van der Waals surface area contributed by atoms with Crippen LogP contribution in [0.4, 0.5) is 4.39 Å². The smallest absolute Gasteiger partial charge is 0.251 e. The largest absolute Gasteiger partial charge is 0.355 e. The molecule has 0 heterocycles. The van der Waals surface area contributed by atoms with E-state index >= 15 is 0 Å². The van der Waals surface area contributed by atoms with Gasteiger partial charge in [0.25, 0.3) is 5.91 Å². The van der Waals surface area contributed by atoms with Gasteiger partial charge in [-0.15, -0.1) is 0 Å². The molecule has 0 unspecified atom stereocenters. The first-order valence-electron chi connectivity index (χ1n) is 7.81. The molecule has 1 amide bonds. The fourth-order valence-corrected chi connectivity index (χ4v) is 2.54. The van der Waals surface area contributed by atoms with Gasteiger partial charge in [-0.05, 0) is 35.9 Å². The van der Waals surface area contributed by atoms with Crippen LogP contribution in [-0.2, 0) is 6.54 Å². The molecule has 7 heteroatoms. The van der Waals surface area contributed by atoms with Crippen LogP contribution in [0.3, 0.4) is 0 Å². The maximum Gasteiger partial charge on any atom is 0.251 e. The van der Waals surface area contributed by atoms with Gasteiger partial charge < -0.3 is 16.0 Å². The Balaban J connectivity index is 1.71. The summed E-state index contributed by atoms with van der Waals surface area (Å²) in [6, 6.07) is 13.6. The van der Waals surface area contributed by atoms with Crippen molar-refractivity contribution in [2.24, 2.45) is 4.99 Å². The van der Waals surface area contributed by atoms with Crippen molar-refractivity contribution >= 4 is 27.8 Å². The van der Waals surface area contributed by atoms with E-state index in [4.69, 9.17) is 0 Å². The molecule has 2 aromatic carbocycles. The molecule has 2 rings (SSSR count). The third-order valence-electron chi connectivity index (χ3n) is 3.36. The second-order valence-electron chi connectivity index (χ2n) is 5.25. The van der Waals surface area contributed by atoms with E-state index in [1.165, 1.54) is 12.1 Å². The van der Waals surface area contributed by atoms with Crippen LogP contribution in [0.1, 0.15) is 15.9 Å². The first kappa shape index (κ1) is 18.9. The van der Waals surface area contributed by atoms with Crippen LogP contribution in [0.2, 0.25) is 0 Å². The highest BCUT2D eigenvalue weighted by atomic mass is 79.9. The zero-order chi connectivity index (χ0) is 18.1. The number of hydrogen-bond donors (Lipinski definition) is 3. The third-order valence-corrected chi connectivity index (χ3v) is 3.86. The normalized spacial score (nSPS) is 11.1. The van der Waals surface area contributed by atoms with Crippen LogP contribution in [0.25, 0.3) is 0 Å².